The number of benzene rings is 1. The second-order valence-electron chi connectivity index (χ2n) is 2.40. The molecular weight excluding hydrogens is 312 g/mol. The predicted octanol–water partition coefficient (Wildman–Crippen LogP) is 3.07. The molecule has 0 unspecified atom stereocenters. The van der Waals surface area contributed by atoms with Gasteiger partial charge < -0.3 is 9.84 Å². The highest BCUT2D eigenvalue weighted by Gasteiger charge is 2.31. The highest BCUT2D eigenvalue weighted by atomic mass is 127. The monoisotopic (exact) mass is 317 g/mol. The van der Waals surface area contributed by atoms with Crippen LogP contribution in [0, 0.1) is 10.2 Å². The molecule has 1 rings (SSSR count). The fourth-order valence-corrected chi connectivity index (χ4v) is 1.52. The number of halogens is 4. The topological polar surface area (TPSA) is 29.5 Å². The second-order valence-corrected chi connectivity index (χ2v) is 3.64. The van der Waals surface area contributed by atoms with Crippen LogP contribution in [0.15, 0.2) is 18.2 Å². The lowest BCUT2D eigenvalue weighted by Crippen LogP contribution is -2.17. The van der Waals surface area contributed by atoms with E-state index in [4.69, 9.17) is 5.11 Å². The molecule has 0 amide bonds. The van der Waals surface area contributed by atoms with Crippen LogP contribution in [0.1, 0.15) is 5.56 Å². The number of alkyl halides is 3. The highest BCUT2D eigenvalue weighted by molar-refractivity contribution is 14.1. The summed E-state index contributed by atoms with van der Waals surface area (Å²) in [6, 6.07) is 3.83. The minimum Gasteiger partial charge on any atom is -0.406 e. The number of hydrogen-bond donors (Lipinski definition) is 1. The second kappa shape index (κ2) is 4.35. The summed E-state index contributed by atoms with van der Waals surface area (Å²) in [7, 11) is 0. The molecule has 0 fully saturated rings. The lowest BCUT2D eigenvalue weighted by atomic mass is 10.2. The maximum atomic E-state index is 11.8. The Labute approximate surface area is 91.8 Å². The number of aliphatic hydroxyl groups is 1. The van der Waals surface area contributed by atoms with Crippen molar-refractivity contribution in [2.24, 2.45) is 0 Å². The first kappa shape index (κ1) is 11.6. The van der Waals surface area contributed by atoms with Crippen molar-refractivity contribution in [2.75, 3.05) is 0 Å². The molecule has 2 nitrogen and oxygen atoms in total. The van der Waals surface area contributed by atoms with Crippen LogP contribution in [0.25, 0.3) is 0 Å². The Morgan fingerprint density at radius 1 is 1.29 bits per heavy atom. The van der Waals surface area contributed by atoms with Crippen molar-refractivity contribution in [3.05, 3.63) is 33.9 Å². The smallest absolute Gasteiger partial charge is 0.406 e. The fourth-order valence-electron chi connectivity index (χ4n) is 0.851. The van der Waals surface area contributed by atoms with Crippen molar-refractivity contribution in [1.82, 2.24) is 0 Å². The maximum Gasteiger partial charge on any atom is 0.573 e. The molecule has 14 heavy (non-hydrogen) atoms. The average molecular weight is 317 g/mol. The van der Waals surface area contributed by atoms with Gasteiger partial charge in [-0.15, -0.1) is 13.2 Å². The molecule has 0 atom stereocenters. The standard InChI is InChI=1S/C8H5F3IO2/c9-8(10,11)14-7-2-5(4-13)1-6(12)3-7/h1-4,13H. The highest BCUT2D eigenvalue weighted by Crippen LogP contribution is 2.25. The molecule has 0 saturated carbocycles. The summed E-state index contributed by atoms with van der Waals surface area (Å²) >= 11 is 1.83. The van der Waals surface area contributed by atoms with Crippen molar-refractivity contribution in [3.8, 4) is 5.75 Å². The quantitative estimate of drug-likeness (QED) is 0.850. The van der Waals surface area contributed by atoms with Crippen LogP contribution in [-0.4, -0.2) is 11.5 Å². The van der Waals surface area contributed by atoms with Gasteiger partial charge in [-0.25, -0.2) is 0 Å². The largest absolute Gasteiger partial charge is 0.573 e. The minimum absolute atomic E-state index is 0.260. The van der Waals surface area contributed by atoms with E-state index in [0.29, 0.717) is 10.2 Å². The van der Waals surface area contributed by atoms with Crippen LogP contribution in [0.2, 0.25) is 0 Å². The van der Waals surface area contributed by atoms with Gasteiger partial charge in [0.05, 0.1) is 0 Å². The third-order valence-electron chi connectivity index (χ3n) is 1.28. The van der Waals surface area contributed by atoms with E-state index in [9.17, 15) is 13.2 Å². The summed E-state index contributed by atoms with van der Waals surface area (Å²) < 4.78 is 39.7. The molecule has 77 valence electrons. The average Bonchev–Trinajstić information content (AvgIpc) is 1.99. The van der Waals surface area contributed by atoms with Gasteiger partial charge in [-0.05, 0) is 46.4 Å². The molecule has 0 aromatic heterocycles. The summed E-state index contributed by atoms with van der Waals surface area (Å²) in [5.41, 5.74) is 0.260. The molecule has 6 heteroatoms. The van der Waals surface area contributed by atoms with E-state index in [1.54, 1.807) is 0 Å². The molecule has 0 aliphatic heterocycles. The SMILES string of the molecule is O[CH]c1cc(I)cc(OC(F)(F)F)c1. The van der Waals surface area contributed by atoms with E-state index in [1.807, 2.05) is 22.6 Å². The van der Waals surface area contributed by atoms with Gasteiger partial charge in [-0.2, -0.15) is 0 Å². The molecule has 0 heterocycles. The van der Waals surface area contributed by atoms with E-state index in [1.165, 1.54) is 12.1 Å². The van der Waals surface area contributed by atoms with E-state index in [2.05, 4.69) is 4.74 Å². The summed E-state index contributed by atoms with van der Waals surface area (Å²) in [6.45, 7) is 0.714. The Morgan fingerprint density at radius 2 is 1.93 bits per heavy atom. The Hall–Kier alpha value is -0.500. The Morgan fingerprint density at radius 3 is 2.43 bits per heavy atom. The van der Waals surface area contributed by atoms with Crippen molar-refractivity contribution in [2.45, 2.75) is 6.36 Å². The first-order valence-corrected chi connectivity index (χ1v) is 4.52. The Balaban J connectivity index is 2.92. The lowest BCUT2D eigenvalue weighted by Gasteiger charge is -2.09. The normalized spacial score (nSPS) is 11.5. The molecule has 0 aliphatic rings. The first-order chi connectivity index (χ1) is 6.40. The predicted molar refractivity (Wildman–Crippen MR) is 51.2 cm³/mol. The molecule has 1 aromatic rings. The van der Waals surface area contributed by atoms with Gasteiger partial charge in [0.2, 0.25) is 0 Å². The molecular formula is C8H5F3IO2. The number of hydrogen-bond acceptors (Lipinski definition) is 2. The Kier molecular flexibility index (Phi) is 3.59. The van der Waals surface area contributed by atoms with Crippen LogP contribution in [0.5, 0.6) is 5.75 Å². The summed E-state index contributed by atoms with van der Waals surface area (Å²) in [5, 5.41) is 8.62. The van der Waals surface area contributed by atoms with Crippen molar-refractivity contribution in [3.63, 3.8) is 0 Å². The van der Waals surface area contributed by atoms with Gasteiger partial charge in [0.25, 0.3) is 0 Å². The third kappa shape index (κ3) is 3.70. The molecule has 1 aromatic carbocycles. The molecule has 1 N–H and O–H groups in total. The zero-order valence-electron chi connectivity index (χ0n) is 6.68. The molecule has 0 saturated heterocycles. The number of rotatable bonds is 2. The van der Waals surface area contributed by atoms with E-state index >= 15 is 0 Å². The van der Waals surface area contributed by atoms with E-state index in [-0.39, 0.29) is 11.3 Å². The number of aliphatic hydroxyl groups excluding tert-OH is 1. The van der Waals surface area contributed by atoms with Crippen LogP contribution in [-0.2, 0) is 0 Å². The molecule has 0 spiro atoms. The van der Waals surface area contributed by atoms with E-state index in [0.717, 1.165) is 6.07 Å². The van der Waals surface area contributed by atoms with Gasteiger partial charge in [0, 0.05) is 3.57 Å². The number of ether oxygens (including phenoxy) is 1. The van der Waals surface area contributed by atoms with Crippen LogP contribution < -0.4 is 4.74 Å². The first-order valence-electron chi connectivity index (χ1n) is 3.44. The van der Waals surface area contributed by atoms with Gasteiger partial charge in [-0.3, -0.25) is 0 Å². The van der Waals surface area contributed by atoms with E-state index < -0.39 is 6.36 Å². The maximum absolute atomic E-state index is 11.8. The van der Waals surface area contributed by atoms with Gasteiger partial charge >= 0.3 is 6.36 Å². The van der Waals surface area contributed by atoms with Crippen molar-refractivity contribution in [1.29, 1.82) is 0 Å². The zero-order chi connectivity index (χ0) is 10.8. The molecule has 0 aliphatic carbocycles. The molecule has 1 radical (unpaired) electrons. The van der Waals surface area contributed by atoms with Gasteiger partial charge in [0.1, 0.15) is 12.4 Å². The Bertz CT molecular complexity index is 325. The molecule has 0 bridgehead atoms. The minimum atomic E-state index is -4.71. The van der Waals surface area contributed by atoms with Gasteiger partial charge in [-0.1, -0.05) is 0 Å². The van der Waals surface area contributed by atoms with Crippen LogP contribution in [0.3, 0.4) is 0 Å². The van der Waals surface area contributed by atoms with Crippen molar-refractivity contribution >= 4 is 22.6 Å². The summed E-state index contributed by atoms with van der Waals surface area (Å²) in [6.07, 6.45) is -4.71. The zero-order valence-corrected chi connectivity index (χ0v) is 8.83. The fraction of sp³-hybridized carbons (Fsp3) is 0.125. The van der Waals surface area contributed by atoms with Crippen LogP contribution in [0.4, 0.5) is 13.2 Å². The summed E-state index contributed by atoms with van der Waals surface area (Å²) in [5.74, 6) is -0.343. The summed E-state index contributed by atoms with van der Waals surface area (Å²) in [4.78, 5) is 0. The van der Waals surface area contributed by atoms with Crippen molar-refractivity contribution < 1.29 is 23.0 Å². The van der Waals surface area contributed by atoms with Gasteiger partial charge in [0.15, 0.2) is 0 Å². The third-order valence-corrected chi connectivity index (χ3v) is 1.90. The van der Waals surface area contributed by atoms with Crippen LogP contribution >= 0.6 is 22.6 Å². The lowest BCUT2D eigenvalue weighted by molar-refractivity contribution is -0.274.